The lowest BCUT2D eigenvalue weighted by molar-refractivity contribution is -0.120. The maximum absolute atomic E-state index is 13.8. The van der Waals surface area contributed by atoms with E-state index in [1.165, 1.54) is 17.4 Å². The minimum absolute atomic E-state index is 0.0562. The van der Waals surface area contributed by atoms with Crippen LogP contribution >= 0.6 is 11.3 Å². The highest BCUT2D eigenvalue weighted by atomic mass is 32.1. The van der Waals surface area contributed by atoms with Crippen molar-refractivity contribution < 1.29 is 9.18 Å². The van der Waals surface area contributed by atoms with Gasteiger partial charge in [0.2, 0.25) is 5.91 Å². The van der Waals surface area contributed by atoms with Crippen molar-refractivity contribution in [3.8, 4) is 0 Å². The van der Waals surface area contributed by atoms with E-state index in [0.717, 1.165) is 13.1 Å². The monoisotopic (exact) mass is 334 g/mol. The van der Waals surface area contributed by atoms with Gasteiger partial charge in [0.1, 0.15) is 5.82 Å². The number of hydrogen-bond acceptors (Lipinski definition) is 5. The second-order valence-corrected chi connectivity index (χ2v) is 6.37. The Bertz CT molecular complexity index is 656. The molecule has 7 heteroatoms. The van der Waals surface area contributed by atoms with E-state index in [1.807, 2.05) is 23.3 Å². The molecule has 2 heterocycles. The molecule has 1 amide bonds. The topological polar surface area (TPSA) is 48.5 Å². The summed E-state index contributed by atoms with van der Waals surface area (Å²) in [6.45, 7) is 4.74. The number of rotatable bonds is 4. The van der Waals surface area contributed by atoms with E-state index in [4.69, 9.17) is 0 Å². The zero-order valence-corrected chi connectivity index (χ0v) is 13.7. The fraction of sp³-hybridized carbons (Fsp3) is 0.375. The number of aromatic nitrogens is 1. The van der Waals surface area contributed by atoms with Gasteiger partial charge in [0.25, 0.3) is 0 Å². The fourth-order valence-corrected chi connectivity index (χ4v) is 3.25. The van der Waals surface area contributed by atoms with E-state index < -0.39 is 0 Å². The number of nitrogens with one attached hydrogen (secondary N) is 1. The van der Waals surface area contributed by atoms with E-state index in [1.54, 1.807) is 18.3 Å². The van der Waals surface area contributed by atoms with Gasteiger partial charge in [-0.15, -0.1) is 11.3 Å². The fourth-order valence-electron chi connectivity index (χ4n) is 2.72. The van der Waals surface area contributed by atoms with Crippen LogP contribution in [-0.2, 0) is 4.79 Å². The van der Waals surface area contributed by atoms with Crippen molar-refractivity contribution in [2.75, 3.05) is 36.4 Å². The molecule has 1 N–H and O–H groups in total. The molecular weight excluding hydrogens is 315 g/mol. The Morgan fingerprint density at radius 2 is 2.04 bits per heavy atom. The largest absolute Gasteiger partial charge is 0.367 e. The third-order valence-corrected chi connectivity index (χ3v) is 4.79. The van der Waals surface area contributed by atoms with Gasteiger partial charge < -0.3 is 10.2 Å². The van der Waals surface area contributed by atoms with Crippen LogP contribution < -0.4 is 10.2 Å². The summed E-state index contributed by atoms with van der Waals surface area (Å²) in [5.41, 5.74) is 0.632. The molecular formula is C16H19FN4OS. The number of benzene rings is 1. The first-order chi connectivity index (χ1) is 11.1. The quantitative estimate of drug-likeness (QED) is 0.933. The number of nitrogens with zero attached hydrogens (tertiary/aromatic N) is 3. The Morgan fingerprint density at radius 3 is 2.70 bits per heavy atom. The number of amides is 1. The second kappa shape index (κ2) is 7.06. The molecule has 0 radical (unpaired) electrons. The Kier molecular flexibility index (Phi) is 4.88. The van der Waals surface area contributed by atoms with E-state index in [0.29, 0.717) is 23.9 Å². The van der Waals surface area contributed by atoms with E-state index in [2.05, 4.69) is 15.2 Å². The van der Waals surface area contributed by atoms with E-state index >= 15 is 0 Å². The highest BCUT2D eigenvalue weighted by molar-refractivity contribution is 7.13. The summed E-state index contributed by atoms with van der Waals surface area (Å²) < 4.78 is 13.8. The van der Waals surface area contributed by atoms with E-state index in [9.17, 15) is 9.18 Å². The minimum atomic E-state index is -0.235. The number of para-hydroxylation sites is 1. The van der Waals surface area contributed by atoms with Crippen LogP contribution in [-0.4, -0.2) is 48.0 Å². The molecule has 23 heavy (non-hydrogen) atoms. The molecule has 1 aromatic carbocycles. The predicted octanol–water partition coefficient (Wildman–Crippen LogP) is 2.43. The van der Waals surface area contributed by atoms with Gasteiger partial charge in [-0.05, 0) is 19.1 Å². The summed E-state index contributed by atoms with van der Waals surface area (Å²) in [6, 6.07) is 6.58. The maximum Gasteiger partial charge on any atom is 0.243 e. The molecule has 5 nitrogen and oxygen atoms in total. The van der Waals surface area contributed by atoms with Crippen molar-refractivity contribution in [1.29, 1.82) is 0 Å². The highest BCUT2D eigenvalue weighted by Crippen LogP contribution is 2.21. The zero-order chi connectivity index (χ0) is 16.2. The summed E-state index contributed by atoms with van der Waals surface area (Å²) in [6.07, 6.45) is 1.66. The minimum Gasteiger partial charge on any atom is -0.367 e. The molecule has 0 saturated carbocycles. The first-order valence-electron chi connectivity index (χ1n) is 7.59. The van der Waals surface area contributed by atoms with Crippen LogP contribution in [0.25, 0.3) is 0 Å². The SMILES string of the molecule is C[C@@H](C(=O)Nc1nccs1)N1CCN(c2ccccc2F)CC1. The Balaban J connectivity index is 1.56. The van der Waals surface area contributed by atoms with Gasteiger partial charge >= 0.3 is 0 Å². The summed E-state index contributed by atoms with van der Waals surface area (Å²) >= 11 is 1.40. The predicted molar refractivity (Wildman–Crippen MR) is 90.4 cm³/mol. The zero-order valence-electron chi connectivity index (χ0n) is 12.9. The van der Waals surface area contributed by atoms with E-state index in [-0.39, 0.29) is 17.8 Å². The Morgan fingerprint density at radius 1 is 1.30 bits per heavy atom. The van der Waals surface area contributed by atoms with Gasteiger partial charge in [0.05, 0.1) is 11.7 Å². The number of carbonyl (C=O) groups is 1. The maximum atomic E-state index is 13.8. The molecule has 0 spiro atoms. The van der Waals surface area contributed by atoms with Gasteiger partial charge in [-0.3, -0.25) is 9.69 Å². The van der Waals surface area contributed by atoms with Crippen LogP contribution in [0.15, 0.2) is 35.8 Å². The van der Waals surface area contributed by atoms with Gasteiger partial charge in [-0.2, -0.15) is 0 Å². The average molecular weight is 334 g/mol. The molecule has 1 saturated heterocycles. The van der Waals surface area contributed by atoms with Crippen molar-refractivity contribution in [2.24, 2.45) is 0 Å². The molecule has 2 aromatic rings. The van der Waals surface area contributed by atoms with Crippen LogP contribution in [0.1, 0.15) is 6.92 Å². The number of thiazole rings is 1. The lowest BCUT2D eigenvalue weighted by Gasteiger charge is -2.38. The average Bonchev–Trinajstić information content (AvgIpc) is 3.08. The molecule has 1 aliphatic rings. The smallest absolute Gasteiger partial charge is 0.243 e. The molecule has 1 fully saturated rings. The van der Waals surface area contributed by atoms with Crippen molar-refractivity contribution in [3.63, 3.8) is 0 Å². The Labute approximate surface area is 138 Å². The second-order valence-electron chi connectivity index (χ2n) is 5.48. The molecule has 1 aliphatic heterocycles. The van der Waals surface area contributed by atoms with Crippen LogP contribution in [0.2, 0.25) is 0 Å². The molecule has 1 atom stereocenters. The van der Waals surface area contributed by atoms with Gasteiger partial charge in [0.15, 0.2) is 5.13 Å². The molecule has 122 valence electrons. The van der Waals surface area contributed by atoms with Crippen LogP contribution in [0.5, 0.6) is 0 Å². The third kappa shape index (κ3) is 3.68. The van der Waals surface area contributed by atoms with Crippen molar-refractivity contribution in [3.05, 3.63) is 41.7 Å². The lowest BCUT2D eigenvalue weighted by atomic mass is 10.2. The van der Waals surface area contributed by atoms with Crippen molar-refractivity contribution >= 4 is 28.1 Å². The third-order valence-electron chi connectivity index (χ3n) is 4.10. The van der Waals surface area contributed by atoms with Crippen molar-refractivity contribution in [1.82, 2.24) is 9.88 Å². The number of carbonyl (C=O) groups excluding carboxylic acids is 1. The number of halogens is 1. The lowest BCUT2D eigenvalue weighted by Crippen LogP contribution is -2.53. The summed E-state index contributed by atoms with van der Waals surface area (Å²) in [5, 5.41) is 5.27. The number of piperazine rings is 1. The van der Waals surface area contributed by atoms with Gasteiger partial charge in [0, 0.05) is 37.8 Å². The van der Waals surface area contributed by atoms with Crippen LogP contribution in [0, 0.1) is 5.82 Å². The summed E-state index contributed by atoms with van der Waals surface area (Å²) in [5.74, 6) is -0.255. The van der Waals surface area contributed by atoms with Crippen LogP contribution in [0.3, 0.4) is 0 Å². The summed E-state index contributed by atoms with van der Waals surface area (Å²) in [4.78, 5) is 20.5. The molecule has 0 aliphatic carbocycles. The molecule has 1 aromatic heterocycles. The molecule has 0 unspecified atom stereocenters. The van der Waals surface area contributed by atoms with Crippen LogP contribution in [0.4, 0.5) is 15.2 Å². The number of anilines is 2. The first kappa shape index (κ1) is 15.9. The normalized spacial score (nSPS) is 17.0. The van der Waals surface area contributed by atoms with Crippen molar-refractivity contribution in [2.45, 2.75) is 13.0 Å². The summed E-state index contributed by atoms with van der Waals surface area (Å²) in [7, 11) is 0. The molecule has 3 rings (SSSR count). The number of hydrogen-bond donors (Lipinski definition) is 1. The first-order valence-corrected chi connectivity index (χ1v) is 8.47. The molecule has 0 bridgehead atoms. The standard InChI is InChI=1S/C16H19FN4OS/c1-12(15(22)19-16-18-6-11-23-16)20-7-9-21(10-8-20)14-5-3-2-4-13(14)17/h2-6,11-12H,7-10H2,1H3,(H,18,19,22)/t12-/m0/s1. The van der Waals surface area contributed by atoms with Gasteiger partial charge in [-0.1, -0.05) is 12.1 Å². The Hall–Kier alpha value is -1.99. The van der Waals surface area contributed by atoms with Gasteiger partial charge in [-0.25, -0.2) is 9.37 Å². The highest BCUT2D eigenvalue weighted by Gasteiger charge is 2.26.